The number of allylic oxidation sites excluding steroid dienone is 4. The van der Waals surface area contributed by atoms with Crippen molar-refractivity contribution in [3.05, 3.63) is 35.1 Å². The third-order valence-electron chi connectivity index (χ3n) is 1.86. The van der Waals surface area contributed by atoms with Crippen LogP contribution in [0.4, 0.5) is 0 Å². The van der Waals surface area contributed by atoms with Gasteiger partial charge in [0.1, 0.15) is 0 Å². The Bertz CT molecular complexity index is 277. The molecule has 2 rings (SSSR count). The van der Waals surface area contributed by atoms with Crippen LogP contribution in [-0.4, -0.2) is 6.21 Å². The van der Waals surface area contributed by atoms with E-state index in [0.29, 0.717) is 0 Å². The molecule has 0 spiro atoms. The zero-order chi connectivity index (χ0) is 6.97. The molecule has 1 aliphatic heterocycles. The first-order chi connectivity index (χ1) is 4.88. The van der Waals surface area contributed by atoms with Crippen LogP contribution in [0.3, 0.4) is 0 Å². The van der Waals surface area contributed by atoms with E-state index in [-0.39, 0.29) is 0 Å². The summed E-state index contributed by atoms with van der Waals surface area (Å²) in [5.41, 5.74) is 3.83. The number of hydrogen-bond acceptors (Lipinski definition) is 1. The first kappa shape index (κ1) is 5.66. The monoisotopic (exact) mass is 131 g/mol. The number of rotatable bonds is 0. The maximum atomic E-state index is 4.25. The van der Waals surface area contributed by atoms with Crippen LogP contribution in [0, 0.1) is 0 Å². The molecule has 0 fully saturated rings. The van der Waals surface area contributed by atoms with Crippen molar-refractivity contribution in [2.24, 2.45) is 4.99 Å². The minimum Gasteiger partial charge on any atom is -0.256 e. The first-order valence-corrected chi connectivity index (χ1v) is 3.49. The third-order valence-corrected chi connectivity index (χ3v) is 1.86. The summed E-state index contributed by atoms with van der Waals surface area (Å²) in [5.74, 6) is 0. The minimum atomic E-state index is 1.06. The van der Waals surface area contributed by atoms with E-state index in [2.05, 4.69) is 30.1 Å². The first-order valence-electron chi connectivity index (χ1n) is 3.49. The molecule has 0 N–H and O–H groups in total. The van der Waals surface area contributed by atoms with Gasteiger partial charge >= 0.3 is 0 Å². The van der Waals surface area contributed by atoms with Gasteiger partial charge in [0.2, 0.25) is 0 Å². The van der Waals surface area contributed by atoms with Crippen molar-refractivity contribution in [3.63, 3.8) is 0 Å². The Morgan fingerprint density at radius 1 is 1.50 bits per heavy atom. The fourth-order valence-corrected chi connectivity index (χ4v) is 1.30. The van der Waals surface area contributed by atoms with Crippen molar-refractivity contribution in [3.8, 4) is 0 Å². The van der Waals surface area contributed by atoms with Gasteiger partial charge in [-0.1, -0.05) is 12.2 Å². The van der Waals surface area contributed by atoms with Crippen molar-refractivity contribution in [1.82, 2.24) is 0 Å². The highest BCUT2D eigenvalue weighted by molar-refractivity contribution is 5.81. The van der Waals surface area contributed by atoms with Gasteiger partial charge in [-0.15, -0.1) is 0 Å². The average molecular weight is 131 g/mol. The molecule has 0 saturated heterocycles. The van der Waals surface area contributed by atoms with Gasteiger partial charge in [-0.2, -0.15) is 0 Å². The maximum Gasteiger partial charge on any atom is 0.0694 e. The molecule has 0 aromatic rings. The molecule has 1 nitrogen and oxygen atoms in total. The summed E-state index contributed by atoms with van der Waals surface area (Å²) in [7, 11) is 0. The van der Waals surface area contributed by atoms with E-state index in [1.54, 1.807) is 0 Å². The van der Waals surface area contributed by atoms with Crippen molar-refractivity contribution in [2.45, 2.75) is 13.3 Å². The van der Waals surface area contributed by atoms with E-state index in [9.17, 15) is 0 Å². The largest absolute Gasteiger partial charge is 0.256 e. The number of nitrogens with zero attached hydrogens (tertiary/aromatic N) is 1. The van der Waals surface area contributed by atoms with E-state index in [1.807, 2.05) is 6.21 Å². The number of aliphatic imine (C=N–C) groups is 1. The average Bonchev–Trinajstić information content (AvgIpc) is 2.36. The summed E-state index contributed by atoms with van der Waals surface area (Å²) in [5, 5.41) is 0. The van der Waals surface area contributed by atoms with Crippen LogP contribution in [0.2, 0.25) is 0 Å². The lowest BCUT2D eigenvalue weighted by atomic mass is 10.0. The van der Waals surface area contributed by atoms with E-state index in [1.165, 1.54) is 16.8 Å². The molecular weight excluding hydrogens is 122 g/mol. The molecule has 0 aromatic heterocycles. The van der Waals surface area contributed by atoms with Gasteiger partial charge < -0.3 is 0 Å². The normalized spacial score (nSPS) is 21.5. The van der Waals surface area contributed by atoms with Crippen LogP contribution < -0.4 is 0 Å². The predicted molar refractivity (Wildman–Crippen MR) is 43.0 cm³/mol. The van der Waals surface area contributed by atoms with Gasteiger partial charge in [-0.05, 0) is 25.0 Å². The Kier molecular flexibility index (Phi) is 1.10. The molecule has 0 unspecified atom stereocenters. The molecule has 0 aromatic carbocycles. The van der Waals surface area contributed by atoms with Crippen LogP contribution in [-0.2, 0) is 0 Å². The SMILES string of the molecule is CC1=C2N=CC=C2C=CC1. The summed E-state index contributed by atoms with van der Waals surface area (Å²) in [6.45, 7) is 2.13. The van der Waals surface area contributed by atoms with Crippen LogP contribution in [0.1, 0.15) is 13.3 Å². The molecule has 10 heavy (non-hydrogen) atoms. The van der Waals surface area contributed by atoms with Crippen molar-refractivity contribution in [1.29, 1.82) is 0 Å². The zero-order valence-corrected chi connectivity index (χ0v) is 5.96. The van der Waals surface area contributed by atoms with Crippen molar-refractivity contribution < 1.29 is 0 Å². The highest BCUT2D eigenvalue weighted by Crippen LogP contribution is 2.27. The smallest absolute Gasteiger partial charge is 0.0694 e. The summed E-state index contributed by atoms with van der Waals surface area (Å²) in [6, 6.07) is 0. The molecule has 50 valence electrons. The third kappa shape index (κ3) is 0.670. The van der Waals surface area contributed by atoms with E-state index in [4.69, 9.17) is 0 Å². The molecule has 1 heteroatoms. The summed E-state index contributed by atoms with van der Waals surface area (Å²) >= 11 is 0. The van der Waals surface area contributed by atoms with Crippen LogP contribution >= 0.6 is 0 Å². The molecular formula is C9H9N. The molecule has 2 aliphatic rings. The highest BCUT2D eigenvalue weighted by Gasteiger charge is 2.10. The van der Waals surface area contributed by atoms with Gasteiger partial charge in [0.05, 0.1) is 5.70 Å². The molecule has 0 amide bonds. The van der Waals surface area contributed by atoms with Gasteiger partial charge in [-0.25, -0.2) is 0 Å². The van der Waals surface area contributed by atoms with Crippen molar-refractivity contribution in [2.75, 3.05) is 0 Å². The summed E-state index contributed by atoms with van der Waals surface area (Å²) < 4.78 is 0. The van der Waals surface area contributed by atoms with E-state index < -0.39 is 0 Å². The molecule has 1 heterocycles. The topological polar surface area (TPSA) is 12.4 Å². The number of fused-ring (bicyclic) bond motifs is 1. The van der Waals surface area contributed by atoms with Crippen LogP contribution in [0.5, 0.6) is 0 Å². The van der Waals surface area contributed by atoms with Crippen LogP contribution in [0.15, 0.2) is 40.1 Å². The molecule has 0 bridgehead atoms. The minimum absolute atomic E-state index is 1.06. The standard InChI is InChI=1S/C9H9N/c1-7-3-2-4-8-5-6-10-9(7)8/h2,4-6H,3H2,1H3. The predicted octanol–water partition coefficient (Wildman–Crippen LogP) is 2.23. The second-order valence-electron chi connectivity index (χ2n) is 2.64. The lowest BCUT2D eigenvalue weighted by Gasteiger charge is -2.07. The second-order valence-corrected chi connectivity index (χ2v) is 2.64. The Morgan fingerprint density at radius 2 is 2.40 bits per heavy atom. The lowest BCUT2D eigenvalue weighted by molar-refractivity contribution is 1.11. The van der Waals surface area contributed by atoms with E-state index >= 15 is 0 Å². The molecule has 0 atom stereocenters. The van der Waals surface area contributed by atoms with Crippen molar-refractivity contribution >= 4 is 6.21 Å². The highest BCUT2D eigenvalue weighted by atomic mass is 14.8. The van der Waals surface area contributed by atoms with Crippen LogP contribution in [0.25, 0.3) is 0 Å². The molecule has 0 saturated carbocycles. The molecule has 1 aliphatic carbocycles. The molecule has 0 radical (unpaired) electrons. The fourth-order valence-electron chi connectivity index (χ4n) is 1.30. The lowest BCUT2D eigenvalue weighted by Crippen LogP contribution is -1.89. The fraction of sp³-hybridized carbons (Fsp3) is 0.222. The van der Waals surface area contributed by atoms with E-state index in [0.717, 1.165) is 6.42 Å². The van der Waals surface area contributed by atoms with Gasteiger partial charge in [0.25, 0.3) is 0 Å². The van der Waals surface area contributed by atoms with Gasteiger partial charge in [0, 0.05) is 11.8 Å². The summed E-state index contributed by atoms with van der Waals surface area (Å²) in [4.78, 5) is 4.25. The maximum absolute atomic E-state index is 4.25. The Hall–Kier alpha value is -1.11. The second kappa shape index (κ2) is 1.94. The van der Waals surface area contributed by atoms with Gasteiger partial charge in [-0.3, -0.25) is 4.99 Å². The Morgan fingerprint density at radius 3 is 3.20 bits per heavy atom. The summed E-state index contributed by atoms with van der Waals surface area (Å²) in [6.07, 6.45) is 9.29. The quantitative estimate of drug-likeness (QED) is 0.478. The van der Waals surface area contributed by atoms with Gasteiger partial charge in [0.15, 0.2) is 0 Å². The Labute approximate surface area is 60.5 Å². The Balaban J connectivity index is 2.52. The zero-order valence-electron chi connectivity index (χ0n) is 5.96. The number of hydrogen-bond donors (Lipinski definition) is 0.